The summed E-state index contributed by atoms with van der Waals surface area (Å²) in [6.07, 6.45) is 0. The number of carbonyl (C=O) groups is 2. The predicted molar refractivity (Wildman–Crippen MR) is 156 cm³/mol. The number of nitrogens with zero attached hydrogens (tertiary/aromatic N) is 3. The number of hydrogen-bond acceptors (Lipinski definition) is 4. The maximum Gasteiger partial charge on any atom is 0.244 e. The van der Waals surface area contributed by atoms with Crippen LogP contribution in [-0.2, 0) is 9.59 Å². The Kier molecular flexibility index (Phi) is 8.02. The maximum atomic E-state index is 13.5. The van der Waals surface area contributed by atoms with Crippen LogP contribution in [0, 0.1) is 16.7 Å². The van der Waals surface area contributed by atoms with Crippen LogP contribution in [0.2, 0.25) is 0 Å². The first-order chi connectivity index (χ1) is 17.5. The van der Waals surface area contributed by atoms with E-state index in [9.17, 15) is 9.59 Å². The largest absolute Gasteiger partial charge is 0.368 e. The quantitative estimate of drug-likeness (QED) is 0.518. The molecule has 0 spiro atoms. The van der Waals surface area contributed by atoms with Crippen LogP contribution in [0.15, 0.2) is 48.5 Å². The van der Waals surface area contributed by atoms with Gasteiger partial charge in [-0.1, -0.05) is 58.0 Å². The Bertz CT molecular complexity index is 1110. The molecule has 1 N–H and O–H groups in total. The molecule has 0 aromatic heterocycles. The minimum atomic E-state index is -0.257. The normalized spacial score (nSPS) is 19.8. The van der Waals surface area contributed by atoms with Crippen molar-refractivity contribution in [2.45, 2.75) is 47.6 Å². The Morgan fingerprint density at radius 2 is 1.57 bits per heavy atom. The van der Waals surface area contributed by atoms with Crippen molar-refractivity contribution < 1.29 is 9.59 Å². The molecule has 2 amide bonds. The third-order valence-corrected chi connectivity index (χ3v) is 9.48. The Hall–Kier alpha value is -2.43. The lowest BCUT2D eigenvalue weighted by atomic mass is 10.0. The second kappa shape index (κ2) is 10.7. The molecular weight excluding hydrogens is 479 g/mol. The summed E-state index contributed by atoms with van der Waals surface area (Å²) in [4.78, 5) is 33.0. The molecule has 4 rings (SSSR count). The van der Waals surface area contributed by atoms with Gasteiger partial charge >= 0.3 is 0 Å². The van der Waals surface area contributed by atoms with E-state index >= 15 is 0 Å². The molecule has 0 radical (unpaired) electrons. The van der Waals surface area contributed by atoms with Gasteiger partial charge in [-0.25, -0.2) is 0 Å². The lowest BCUT2D eigenvalue weighted by molar-refractivity contribution is -0.137. The summed E-state index contributed by atoms with van der Waals surface area (Å²) in [5.41, 5.74) is 3.09. The van der Waals surface area contributed by atoms with Gasteiger partial charge in [0.2, 0.25) is 11.8 Å². The lowest BCUT2D eigenvalue weighted by Gasteiger charge is -2.41. The summed E-state index contributed by atoms with van der Waals surface area (Å²) < 4.78 is 0. The fraction of sp³-hybridized carbons (Fsp3) is 0.533. The smallest absolute Gasteiger partial charge is 0.244 e. The summed E-state index contributed by atoms with van der Waals surface area (Å²) in [5, 5.41) is 4.21. The van der Waals surface area contributed by atoms with Gasteiger partial charge in [0.05, 0.1) is 0 Å². The van der Waals surface area contributed by atoms with Crippen LogP contribution in [0.3, 0.4) is 0 Å². The molecule has 2 aromatic carbocycles. The van der Waals surface area contributed by atoms with Crippen molar-refractivity contribution in [3.63, 3.8) is 0 Å². The molecule has 2 aliphatic rings. The summed E-state index contributed by atoms with van der Waals surface area (Å²) in [6.45, 7) is 17.5. The number of benzene rings is 2. The summed E-state index contributed by atoms with van der Waals surface area (Å²) >= 11 is 0. The average Bonchev–Trinajstić information content (AvgIpc) is 3.29. The summed E-state index contributed by atoms with van der Waals surface area (Å²) in [6, 6.07) is 16.1. The van der Waals surface area contributed by atoms with Gasteiger partial charge < -0.3 is 15.1 Å². The molecule has 2 fully saturated rings. The number of hydrogen-bond donors (Lipinski definition) is 1. The highest BCUT2D eigenvalue weighted by Crippen LogP contribution is 2.68. The molecule has 200 valence electrons. The SMILES string of the molecule is CCN(CC)C(=O)C(c1ccccc1)N1CCN(c2ccc(NC(=O)C3C(C)(C)C3(C)C)cc2P)CC1. The number of carbonyl (C=O) groups excluding carboxylic acids is 2. The number of likely N-dealkylation sites (N-methyl/N-ethyl adjacent to an activating group) is 1. The van der Waals surface area contributed by atoms with E-state index in [2.05, 4.69) is 70.3 Å². The van der Waals surface area contributed by atoms with Crippen LogP contribution in [-0.4, -0.2) is 60.9 Å². The third-order valence-electron chi connectivity index (χ3n) is 9.02. The first kappa shape index (κ1) is 27.6. The van der Waals surface area contributed by atoms with E-state index in [4.69, 9.17) is 0 Å². The van der Waals surface area contributed by atoms with Crippen molar-refractivity contribution in [3.8, 4) is 0 Å². The van der Waals surface area contributed by atoms with Gasteiger partial charge in [0, 0.05) is 56.6 Å². The van der Waals surface area contributed by atoms with E-state index in [0.717, 1.165) is 48.4 Å². The molecular formula is C30H43N4O2P. The van der Waals surface area contributed by atoms with E-state index in [-0.39, 0.29) is 34.6 Å². The van der Waals surface area contributed by atoms with Gasteiger partial charge in [-0.3, -0.25) is 14.5 Å². The van der Waals surface area contributed by atoms with Gasteiger partial charge in [0.1, 0.15) is 6.04 Å². The fourth-order valence-electron chi connectivity index (χ4n) is 6.06. The topological polar surface area (TPSA) is 55.9 Å². The van der Waals surface area contributed by atoms with Gasteiger partial charge in [-0.05, 0) is 53.7 Å². The van der Waals surface area contributed by atoms with E-state index in [1.807, 2.05) is 49.1 Å². The Morgan fingerprint density at radius 3 is 2.08 bits per heavy atom. The highest BCUT2D eigenvalue weighted by Gasteiger charge is 2.68. The van der Waals surface area contributed by atoms with Gasteiger partial charge in [-0.15, -0.1) is 9.24 Å². The van der Waals surface area contributed by atoms with Crippen molar-refractivity contribution in [2.75, 3.05) is 49.5 Å². The Labute approximate surface area is 225 Å². The molecule has 6 nitrogen and oxygen atoms in total. The van der Waals surface area contributed by atoms with Gasteiger partial charge in [0.25, 0.3) is 0 Å². The molecule has 2 unspecified atom stereocenters. The van der Waals surface area contributed by atoms with Crippen LogP contribution in [0.1, 0.15) is 53.1 Å². The van der Waals surface area contributed by atoms with Crippen LogP contribution < -0.4 is 15.5 Å². The molecule has 1 saturated heterocycles. The van der Waals surface area contributed by atoms with Crippen molar-refractivity contribution in [3.05, 3.63) is 54.1 Å². The van der Waals surface area contributed by atoms with Crippen molar-refractivity contribution in [1.29, 1.82) is 0 Å². The number of piperazine rings is 1. The molecule has 2 atom stereocenters. The van der Waals surface area contributed by atoms with E-state index < -0.39 is 0 Å². The van der Waals surface area contributed by atoms with Crippen LogP contribution in [0.25, 0.3) is 0 Å². The van der Waals surface area contributed by atoms with Crippen LogP contribution >= 0.6 is 9.24 Å². The zero-order valence-corrected chi connectivity index (χ0v) is 24.4. The minimum absolute atomic E-state index is 0.0186. The lowest BCUT2D eigenvalue weighted by Crippen LogP contribution is -2.52. The molecule has 7 heteroatoms. The van der Waals surface area contributed by atoms with Crippen molar-refractivity contribution in [2.24, 2.45) is 16.7 Å². The predicted octanol–water partition coefficient (Wildman–Crippen LogP) is 4.54. The molecule has 2 aromatic rings. The number of anilines is 2. The molecule has 1 aliphatic carbocycles. The average molecular weight is 523 g/mol. The second-order valence-corrected chi connectivity index (χ2v) is 12.1. The molecule has 0 bridgehead atoms. The Balaban J connectivity index is 1.43. The molecule has 1 aliphatic heterocycles. The minimum Gasteiger partial charge on any atom is -0.368 e. The first-order valence-corrected chi connectivity index (χ1v) is 14.1. The third kappa shape index (κ3) is 5.28. The standard InChI is InChI=1S/C30H43N4O2P/c1-7-32(8-2)28(36)25(21-12-10-9-11-13-21)34-18-16-33(17-19-34)23-15-14-22(20-24(23)37)31-27(35)26-29(3,4)30(26,5)6/h9-15,20,25-26H,7-8,16-19,37H2,1-6H3,(H,31,35). The summed E-state index contributed by atoms with van der Waals surface area (Å²) in [7, 11) is 2.84. The van der Waals surface area contributed by atoms with E-state index in [0.29, 0.717) is 13.1 Å². The van der Waals surface area contributed by atoms with E-state index in [1.165, 1.54) is 0 Å². The maximum absolute atomic E-state index is 13.5. The van der Waals surface area contributed by atoms with E-state index in [1.54, 1.807) is 0 Å². The monoisotopic (exact) mass is 522 g/mol. The summed E-state index contributed by atoms with van der Waals surface area (Å²) in [5.74, 6) is 0.307. The number of nitrogens with one attached hydrogen (secondary N) is 1. The van der Waals surface area contributed by atoms with Gasteiger partial charge in [0.15, 0.2) is 0 Å². The fourth-order valence-corrected chi connectivity index (χ4v) is 6.52. The number of rotatable bonds is 8. The first-order valence-electron chi connectivity index (χ1n) is 13.6. The zero-order valence-electron chi connectivity index (χ0n) is 23.3. The zero-order chi connectivity index (χ0) is 27.0. The van der Waals surface area contributed by atoms with Crippen LogP contribution in [0.5, 0.6) is 0 Å². The van der Waals surface area contributed by atoms with Crippen LogP contribution in [0.4, 0.5) is 11.4 Å². The van der Waals surface area contributed by atoms with Crippen molar-refractivity contribution in [1.82, 2.24) is 9.80 Å². The molecule has 1 heterocycles. The Morgan fingerprint density at radius 1 is 0.973 bits per heavy atom. The van der Waals surface area contributed by atoms with Crippen molar-refractivity contribution >= 4 is 37.7 Å². The van der Waals surface area contributed by atoms with Gasteiger partial charge in [-0.2, -0.15) is 0 Å². The molecule has 1 saturated carbocycles. The number of amides is 2. The highest BCUT2D eigenvalue weighted by atomic mass is 31.0. The highest BCUT2D eigenvalue weighted by molar-refractivity contribution is 7.28. The second-order valence-electron chi connectivity index (χ2n) is 11.5. The molecule has 37 heavy (non-hydrogen) atoms.